The average molecular weight is 293 g/mol. The molecule has 0 aliphatic rings. The molecule has 16 heavy (non-hydrogen) atoms. The first-order chi connectivity index (χ1) is 6.88. The monoisotopic (exact) mass is 291 g/mol. The van der Waals surface area contributed by atoms with Crippen molar-refractivity contribution in [3.8, 4) is 0 Å². The number of hydrogen-bond acceptors (Lipinski definition) is 2. The first kappa shape index (κ1) is 15.9. The largest absolute Gasteiger partial charge is 0.390 e. The fourth-order valence-corrected chi connectivity index (χ4v) is 1.49. The second-order valence-electron chi connectivity index (χ2n) is 3.06. The molecule has 0 radical (unpaired) electrons. The summed E-state index contributed by atoms with van der Waals surface area (Å²) in [4.78, 5) is 0. The molecule has 0 aromatic heterocycles. The maximum absolute atomic E-state index is 13.1. The zero-order valence-electron chi connectivity index (χ0n) is 7.96. The summed E-state index contributed by atoms with van der Waals surface area (Å²) in [6.45, 7) is -1.34. The van der Waals surface area contributed by atoms with Crippen molar-refractivity contribution < 1.29 is 13.9 Å². The maximum Gasteiger partial charge on any atom is 0.289 e. The molecule has 0 aliphatic carbocycles. The summed E-state index contributed by atoms with van der Waals surface area (Å²) < 4.78 is 26.1. The molecule has 0 amide bonds. The van der Waals surface area contributed by atoms with Gasteiger partial charge in [0.1, 0.15) is 6.61 Å². The number of alkyl halides is 2. The molecular weight excluding hydrogens is 282 g/mol. The molecule has 0 heterocycles. The molecule has 3 N–H and O–H groups in total. The highest BCUT2D eigenvalue weighted by Crippen LogP contribution is 2.34. The molecule has 1 atom stereocenters. The minimum Gasteiger partial charge on any atom is -0.390 e. The highest BCUT2D eigenvalue weighted by molar-refractivity contribution is 6.33. The normalized spacial score (nSPS) is 13.1. The van der Waals surface area contributed by atoms with Crippen molar-refractivity contribution in [3.05, 3.63) is 33.8 Å². The number of benzene rings is 1. The van der Waals surface area contributed by atoms with Crippen LogP contribution in [0.5, 0.6) is 0 Å². The molecule has 0 aliphatic heterocycles. The van der Waals surface area contributed by atoms with Gasteiger partial charge in [0.25, 0.3) is 5.92 Å². The van der Waals surface area contributed by atoms with Crippen molar-refractivity contribution in [1.82, 2.24) is 0 Å². The highest BCUT2D eigenvalue weighted by Gasteiger charge is 2.38. The SMILES string of the molecule is Cl.N[C@@H](c1cc(Cl)ccc1Cl)C(F)(F)CO. The van der Waals surface area contributed by atoms with Crippen LogP contribution in [0.4, 0.5) is 8.78 Å². The third-order valence-electron chi connectivity index (χ3n) is 1.96. The zero-order valence-corrected chi connectivity index (χ0v) is 10.3. The number of nitrogens with two attached hydrogens (primary N) is 1. The van der Waals surface area contributed by atoms with E-state index in [2.05, 4.69) is 0 Å². The van der Waals surface area contributed by atoms with Gasteiger partial charge in [-0.1, -0.05) is 23.2 Å². The van der Waals surface area contributed by atoms with Crippen LogP contribution in [0.2, 0.25) is 10.0 Å². The Morgan fingerprint density at radius 2 is 1.94 bits per heavy atom. The van der Waals surface area contributed by atoms with E-state index >= 15 is 0 Å². The van der Waals surface area contributed by atoms with Gasteiger partial charge in [-0.15, -0.1) is 12.4 Å². The van der Waals surface area contributed by atoms with E-state index in [9.17, 15) is 8.78 Å². The summed E-state index contributed by atoms with van der Waals surface area (Å²) in [5, 5.41) is 8.84. The summed E-state index contributed by atoms with van der Waals surface area (Å²) in [5.41, 5.74) is 5.32. The van der Waals surface area contributed by atoms with E-state index in [4.69, 9.17) is 34.0 Å². The summed E-state index contributed by atoms with van der Waals surface area (Å²) in [7, 11) is 0. The predicted molar refractivity (Wildman–Crippen MR) is 62.7 cm³/mol. The van der Waals surface area contributed by atoms with Crippen molar-refractivity contribution in [2.45, 2.75) is 12.0 Å². The van der Waals surface area contributed by atoms with E-state index in [0.717, 1.165) is 0 Å². The summed E-state index contributed by atoms with van der Waals surface area (Å²) in [6.07, 6.45) is 0. The Labute approximate surface area is 108 Å². The molecule has 1 aromatic rings. The third kappa shape index (κ3) is 3.43. The van der Waals surface area contributed by atoms with Crippen LogP contribution in [-0.2, 0) is 0 Å². The van der Waals surface area contributed by atoms with Crippen LogP contribution in [0.25, 0.3) is 0 Å². The van der Waals surface area contributed by atoms with Gasteiger partial charge in [0, 0.05) is 10.0 Å². The number of halogens is 5. The van der Waals surface area contributed by atoms with E-state index in [1.807, 2.05) is 0 Å². The molecule has 0 bridgehead atoms. The molecular formula is C9H10Cl3F2NO. The van der Waals surface area contributed by atoms with Crippen LogP contribution in [0.3, 0.4) is 0 Å². The lowest BCUT2D eigenvalue weighted by atomic mass is 10.0. The lowest BCUT2D eigenvalue weighted by molar-refractivity contribution is -0.0711. The molecule has 2 nitrogen and oxygen atoms in total. The van der Waals surface area contributed by atoms with Crippen molar-refractivity contribution in [1.29, 1.82) is 0 Å². The molecule has 7 heteroatoms. The van der Waals surface area contributed by atoms with Crippen LogP contribution >= 0.6 is 35.6 Å². The molecule has 0 spiro atoms. The number of aliphatic hydroxyl groups is 1. The molecule has 0 saturated carbocycles. The predicted octanol–water partition coefficient (Wildman–Crippen LogP) is 3.04. The zero-order chi connectivity index (χ0) is 11.6. The van der Waals surface area contributed by atoms with Crippen LogP contribution < -0.4 is 5.73 Å². The number of aliphatic hydroxyl groups excluding tert-OH is 1. The number of hydrogen-bond donors (Lipinski definition) is 2. The van der Waals surface area contributed by atoms with Gasteiger partial charge in [0.15, 0.2) is 0 Å². The molecule has 92 valence electrons. The van der Waals surface area contributed by atoms with Gasteiger partial charge in [-0.25, -0.2) is 8.78 Å². The lowest BCUT2D eigenvalue weighted by Gasteiger charge is -2.22. The lowest BCUT2D eigenvalue weighted by Crippen LogP contribution is -2.36. The summed E-state index contributed by atoms with van der Waals surface area (Å²) in [6, 6.07) is 2.44. The van der Waals surface area contributed by atoms with Crippen LogP contribution in [0, 0.1) is 0 Å². The second-order valence-corrected chi connectivity index (χ2v) is 3.91. The van der Waals surface area contributed by atoms with Crippen molar-refractivity contribution in [2.75, 3.05) is 6.61 Å². The Bertz CT molecular complexity index is 363. The Hall–Kier alpha value is -0.130. The van der Waals surface area contributed by atoms with Gasteiger partial charge in [0.2, 0.25) is 0 Å². The van der Waals surface area contributed by atoms with Crippen molar-refractivity contribution in [2.24, 2.45) is 5.73 Å². The fourth-order valence-electron chi connectivity index (χ4n) is 1.08. The Morgan fingerprint density at radius 3 is 2.44 bits per heavy atom. The van der Waals surface area contributed by atoms with Crippen LogP contribution in [0.1, 0.15) is 11.6 Å². The van der Waals surface area contributed by atoms with E-state index in [0.29, 0.717) is 0 Å². The maximum atomic E-state index is 13.1. The van der Waals surface area contributed by atoms with Crippen molar-refractivity contribution >= 4 is 35.6 Å². The second kappa shape index (κ2) is 5.98. The molecule has 0 fully saturated rings. The first-order valence-electron chi connectivity index (χ1n) is 4.07. The third-order valence-corrected chi connectivity index (χ3v) is 2.54. The molecule has 0 saturated heterocycles. The fraction of sp³-hybridized carbons (Fsp3) is 0.333. The molecule has 0 unspecified atom stereocenters. The van der Waals surface area contributed by atoms with Gasteiger partial charge >= 0.3 is 0 Å². The Balaban J connectivity index is 0.00000225. The van der Waals surface area contributed by atoms with Crippen molar-refractivity contribution in [3.63, 3.8) is 0 Å². The number of rotatable bonds is 3. The Kier molecular flexibility index (Phi) is 5.93. The average Bonchev–Trinajstić information content (AvgIpc) is 2.20. The van der Waals surface area contributed by atoms with E-state index in [-0.39, 0.29) is 28.0 Å². The Morgan fingerprint density at radius 1 is 1.38 bits per heavy atom. The van der Waals surface area contributed by atoms with Gasteiger partial charge in [0.05, 0.1) is 6.04 Å². The summed E-state index contributed by atoms with van der Waals surface area (Å²) in [5.74, 6) is -3.42. The van der Waals surface area contributed by atoms with Gasteiger partial charge < -0.3 is 10.8 Å². The topological polar surface area (TPSA) is 46.2 Å². The quantitative estimate of drug-likeness (QED) is 0.899. The molecule has 1 rings (SSSR count). The minimum atomic E-state index is -3.42. The van der Waals surface area contributed by atoms with E-state index in [1.165, 1.54) is 18.2 Å². The van der Waals surface area contributed by atoms with E-state index in [1.54, 1.807) is 0 Å². The van der Waals surface area contributed by atoms with Crippen LogP contribution in [0.15, 0.2) is 18.2 Å². The van der Waals surface area contributed by atoms with Crippen LogP contribution in [-0.4, -0.2) is 17.6 Å². The standard InChI is InChI=1S/C9H9Cl2F2NO.ClH/c10-5-1-2-7(11)6(3-5)8(14)9(12,13)4-15;/h1-3,8,15H,4,14H2;1H/t8-;/m0./s1. The van der Waals surface area contributed by atoms with Gasteiger partial charge in [-0.05, 0) is 23.8 Å². The highest BCUT2D eigenvalue weighted by atomic mass is 35.5. The van der Waals surface area contributed by atoms with Gasteiger partial charge in [-0.3, -0.25) is 0 Å². The summed E-state index contributed by atoms with van der Waals surface area (Å²) >= 11 is 11.3. The van der Waals surface area contributed by atoms with Gasteiger partial charge in [-0.2, -0.15) is 0 Å². The molecule has 1 aromatic carbocycles. The smallest absolute Gasteiger partial charge is 0.289 e. The van der Waals surface area contributed by atoms with E-state index < -0.39 is 18.6 Å². The first-order valence-corrected chi connectivity index (χ1v) is 4.83. The minimum absolute atomic E-state index is 0.